The fourth-order valence-corrected chi connectivity index (χ4v) is 8.62. The van der Waals surface area contributed by atoms with Gasteiger partial charge < -0.3 is 18.4 Å². The van der Waals surface area contributed by atoms with Gasteiger partial charge in [0.2, 0.25) is 0 Å². The maximum absolute atomic E-state index is 6.90. The Balaban J connectivity index is 0.000000335. The molecule has 0 aliphatic carbocycles. The van der Waals surface area contributed by atoms with Gasteiger partial charge in [0, 0.05) is 53.9 Å². The molecule has 0 atom stereocenters. The van der Waals surface area contributed by atoms with Crippen molar-refractivity contribution in [3.63, 3.8) is 0 Å². The summed E-state index contributed by atoms with van der Waals surface area (Å²) in [4.78, 5) is 9.55. The van der Waals surface area contributed by atoms with Gasteiger partial charge in [0.05, 0.1) is 22.4 Å². The number of para-hydroxylation sites is 2. The van der Waals surface area contributed by atoms with Gasteiger partial charge >= 0.3 is 0 Å². The number of benzene rings is 7. The van der Waals surface area contributed by atoms with E-state index >= 15 is 0 Å². The van der Waals surface area contributed by atoms with Crippen molar-refractivity contribution in [2.24, 2.45) is 0 Å². The first kappa shape index (κ1) is 41.5. The van der Waals surface area contributed by atoms with Crippen molar-refractivity contribution in [2.45, 2.75) is 46.5 Å². The number of hydrogen-bond donors (Lipinski definition) is 0. The monoisotopic (exact) mass is 996 g/mol. The molecule has 11 rings (SSSR count). The van der Waals surface area contributed by atoms with Gasteiger partial charge in [0.1, 0.15) is 5.76 Å². The van der Waals surface area contributed by atoms with Crippen LogP contribution in [0.3, 0.4) is 0 Å². The molecular formula is C57H45IrN3O2-2. The van der Waals surface area contributed by atoms with Gasteiger partial charge in [-0.15, -0.1) is 54.1 Å². The molecule has 0 N–H and O–H groups in total. The number of hydrogen-bond acceptors (Lipinski definition) is 4. The number of imidazole rings is 1. The SMILES string of the molecule is Cc1c(-c2ccccc2)oc2c1ccc1c3cc[c-]c(-c4nc5ccccc5n4-c4c(C(C)C)cc(-c5ccccc5)cc4C(C)C)c3oc12.[Ir].[c-]1ccccc1-c1ccccn1. The molecule has 4 heterocycles. The molecule has 1 radical (unpaired) electrons. The van der Waals surface area contributed by atoms with Crippen molar-refractivity contribution in [1.82, 2.24) is 14.5 Å². The first-order valence-corrected chi connectivity index (χ1v) is 21.3. The van der Waals surface area contributed by atoms with Crippen molar-refractivity contribution < 1.29 is 28.9 Å². The summed E-state index contributed by atoms with van der Waals surface area (Å²) < 4.78 is 15.9. The Morgan fingerprint density at radius 2 is 1.19 bits per heavy atom. The standard InChI is InChI=1S/C46H37N2O2.C11H8N.Ir/c1-27(2)37-25-32(30-15-8-6-9-16-30)26-38(28(3)4)41(37)48-40-22-13-12-21-39(40)47-46(48)36-20-14-19-34-35-24-23-33-29(5)42(31-17-10-7-11-18-31)49-44(33)45(35)50-43(34)36;1-2-6-10(7-3-1)11-8-4-5-9-12-11;/h6-19,21-28H,1-5H3;1-6,8-9H;/q2*-1;. The van der Waals surface area contributed by atoms with Crippen molar-refractivity contribution >= 4 is 43.9 Å². The summed E-state index contributed by atoms with van der Waals surface area (Å²) in [7, 11) is 0. The Morgan fingerprint density at radius 3 is 1.87 bits per heavy atom. The van der Waals surface area contributed by atoms with Crippen LogP contribution in [-0.4, -0.2) is 14.5 Å². The van der Waals surface area contributed by atoms with E-state index < -0.39 is 0 Å². The second-order valence-electron chi connectivity index (χ2n) is 16.4. The fraction of sp³-hybridized carbons (Fsp3) is 0.123. The third kappa shape index (κ3) is 7.60. The Bertz CT molecular complexity index is 3280. The van der Waals surface area contributed by atoms with Gasteiger partial charge in [0.15, 0.2) is 11.2 Å². The van der Waals surface area contributed by atoms with Crippen molar-refractivity contribution in [3.8, 4) is 50.8 Å². The van der Waals surface area contributed by atoms with Crippen LogP contribution in [0, 0.1) is 19.1 Å². The largest absolute Gasteiger partial charge is 0.497 e. The zero-order chi connectivity index (χ0) is 42.3. The average molecular weight is 996 g/mol. The Kier molecular flexibility index (Phi) is 11.5. The quantitative estimate of drug-likeness (QED) is 0.149. The van der Waals surface area contributed by atoms with E-state index in [2.05, 4.69) is 153 Å². The number of aromatic nitrogens is 3. The van der Waals surface area contributed by atoms with E-state index in [1.807, 2.05) is 66.7 Å². The van der Waals surface area contributed by atoms with E-state index in [9.17, 15) is 0 Å². The third-order valence-electron chi connectivity index (χ3n) is 11.7. The Labute approximate surface area is 381 Å². The first-order valence-electron chi connectivity index (χ1n) is 21.3. The Morgan fingerprint density at radius 1 is 0.556 bits per heavy atom. The molecule has 0 aliphatic heterocycles. The van der Waals surface area contributed by atoms with E-state index in [1.54, 1.807) is 6.20 Å². The average Bonchev–Trinajstić information content (AvgIpc) is 4.01. The van der Waals surface area contributed by atoms with Gasteiger partial charge in [-0.1, -0.05) is 130 Å². The van der Waals surface area contributed by atoms with Crippen molar-refractivity contribution in [2.75, 3.05) is 0 Å². The molecule has 63 heavy (non-hydrogen) atoms. The molecule has 0 bridgehead atoms. The molecule has 0 aliphatic rings. The molecule has 0 amide bonds. The van der Waals surface area contributed by atoms with E-state index in [4.69, 9.17) is 13.8 Å². The smallest absolute Gasteiger partial charge is 0.177 e. The summed E-state index contributed by atoms with van der Waals surface area (Å²) in [6.07, 6.45) is 1.79. The molecule has 7 aromatic carbocycles. The number of nitrogens with zero attached hydrogens (tertiary/aromatic N) is 3. The number of fused-ring (bicyclic) bond motifs is 6. The number of aryl methyl sites for hydroxylation is 1. The Hall–Kier alpha value is -6.85. The molecule has 11 aromatic rings. The van der Waals surface area contributed by atoms with E-state index in [1.165, 1.54) is 27.9 Å². The van der Waals surface area contributed by atoms with Gasteiger partial charge in [-0.3, -0.25) is 4.98 Å². The van der Waals surface area contributed by atoms with Crippen LogP contribution in [-0.2, 0) is 20.1 Å². The minimum absolute atomic E-state index is 0. The summed E-state index contributed by atoms with van der Waals surface area (Å²) >= 11 is 0. The predicted octanol–water partition coefficient (Wildman–Crippen LogP) is 15.6. The maximum atomic E-state index is 6.90. The summed E-state index contributed by atoms with van der Waals surface area (Å²) in [5.74, 6) is 2.20. The van der Waals surface area contributed by atoms with E-state index in [0.29, 0.717) is 0 Å². The van der Waals surface area contributed by atoms with Gasteiger partial charge in [0.25, 0.3) is 0 Å². The second kappa shape index (κ2) is 17.5. The molecule has 0 spiro atoms. The number of furan rings is 2. The van der Waals surface area contributed by atoms with Crippen LogP contribution >= 0.6 is 0 Å². The van der Waals surface area contributed by atoms with Crippen LogP contribution < -0.4 is 0 Å². The molecule has 0 saturated carbocycles. The maximum Gasteiger partial charge on any atom is 0.177 e. The molecular weight excluding hydrogens is 951 g/mol. The number of rotatable bonds is 7. The summed E-state index contributed by atoms with van der Waals surface area (Å²) in [6.45, 7) is 11.2. The normalized spacial score (nSPS) is 11.4. The zero-order valence-electron chi connectivity index (χ0n) is 35.8. The van der Waals surface area contributed by atoms with Gasteiger partial charge in [-0.25, -0.2) is 0 Å². The van der Waals surface area contributed by atoms with Crippen molar-refractivity contribution in [1.29, 1.82) is 0 Å². The minimum Gasteiger partial charge on any atom is -0.497 e. The summed E-state index contributed by atoms with van der Waals surface area (Å²) in [5.41, 5.74) is 15.4. The molecule has 0 saturated heterocycles. The van der Waals surface area contributed by atoms with Crippen LogP contribution in [0.5, 0.6) is 0 Å². The predicted molar refractivity (Wildman–Crippen MR) is 255 cm³/mol. The molecule has 5 nitrogen and oxygen atoms in total. The summed E-state index contributed by atoms with van der Waals surface area (Å²) in [5, 5.41) is 3.07. The third-order valence-corrected chi connectivity index (χ3v) is 11.7. The van der Waals surface area contributed by atoms with E-state index in [0.717, 1.165) is 83.5 Å². The van der Waals surface area contributed by atoms with Crippen LogP contribution in [0.25, 0.3) is 94.7 Å². The topological polar surface area (TPSA) is 57.0 Å². The van der Waals surface area contributed by atoms with Crippen molar-refractivity contribution in [3.05, 3.63) is 199 Å². The van der Waals surface area contributed by atoms with E-state index in [-0.39, 0.29) is 31.9 Å². The minimum atomic E-state index is 0. The van der Waals surface area contributed by atoms with Crippen LogP contribution in [0.15, 0.2) is 179 Å². The van der Waals surface area contributed by atoms with Crippen LogP contribution in [0.1, 0.15) is 56.2 Å². The van der Waals surface area contributed by atoms with Gasteiger partial charge in [-0.05, 0) is 83.1 Å². The second-order valence-corrected chi connectivity index (χ2v) is 16.4. The molecule has 4 aromatic heterocycles. The zero-order valence-corrected chi connectivity index (χ0v) is 38.2. The fourth-order valence-electron chi connectivity index (χ4n) is 8.62. The van der Waals surface area contributed by atoms with Gasteiger partial charge in [-0.2, -0.15) is 0 Å². The molecule has 0 unspecified atom stereocenters. The van der Waals surface area contributed by atoms with Crippen LogP contribution in [0.2, 0.25) is 0 Å². The molecule has 0 fully saturated rings. The first-order chi connectivity index (χ1) is 30.4. The van der Waals surface area contributed by atoms with Crippen LogP contribution in [0.4, 0.5) is 0 Å². The summed E-state index contributed by atoms with van der Waals surface area (Å²) in [6, 6.07) is 62.9. The molecule has 6 heteroatoms. The number of pyridine rings is 1. The molecule has 311 valence electrons.